The number of thioether (sulfide) groups is 1. The standard InChI is InChI=1S/C25H22N4OS2/c1-16-7-6-8-18(13-16)29-24(30)22-19-9-2-3-10-20(19)32-23(22)27-25(29)31-15-17-14-28-12-5-4-11-21(28)26-17/h4-8,11-14H,2-3,9-10,15H2,1H3. The Hall–Kier alpha value is -2.90. The van der Waals surface area contributed by atoms with Gasteiger partial charge in [-0.2, -0.15) is 0 Å². The molecule has 0 atom stereocenters. The Kier molecular flexibility index (Phi) is 4.88. The van der Waals surface area contributed by atoms with Gasteiger partial charge in [-0.1, -0.05) is 30.0 Å². The van der Waals surface area contributed by atoms with Crippen LogP contribution in [-0.2, 0) is 18.6 Å². The summed E-state index contributed by atoms with van der Waals surface area (Å²) >= 11 is 3.28. The number of hydrogen-bond donors (Lipinski definition) is 0. The van der Waals surface area contributed by atoms with E-state index in [0.717, 1.165) is 57.2 Å². The molecule has 32 heavy (non-hydrogen) atoms. The third-order valence-corrected chi connectivity index (χ3v) is 8.14. The van der Waals surface area contributed by atoms with E-state index in [-0.39, 0.29) is 5.56 Å². The Labute approximate surface area is 193 Å². The number of fused-ring (bicyclic) bond motifs is 4. The number of nitrogens with zero attached hydrogens (tertiary/aromatic N) is 4. The molecule has 0 amide bonds. The number of rotatable bonds is 4. The first-order valence-electron chi connectivity index (χ1n) is 10.9. The number of thiophene rings is 1. The fourth-order valence-electron chi connectivity index (χ4n) is 4.47. The molecule has 0 spiro atoms. The molecular formula is C25H22N4OS2. The summed E-state index contributed by atoms with van der Waals surface area (Å²) in [5, 5.41) is 1.55. The molecule has 6 rings (SSSR count). The Morgan fingerprint density at radius 1 is 1.09 bits per heavy atom. The van der Waals surface area contributed by atoms with Gasteiger partial charge in [-0.25, -0.2) is 9.97 Å². The molecule has 1 aliphatic carbocycles. The van der Waals surface area contributed by atoms with Crippen molar-refractivity contribution in [2.24, 2.45) is 0 Å². The smallest absolute Gasteiger partial charge is 0.267 e. The van der Waals surface area contributed by atoms with Gasteiger partial charge in [0.1, 0.15) is 10.5 Å². The molecule has 160 valence electrons. The summed E-state index contributed by atoms with van der Waals surface area (Å²) in [4.78, 5) is 25.8. The first kappa shape index (κ1) is 19.8. The Morgan fingerprint density at radius 2 is 2.00 bits per heavy atom. The van der Waals surface area contributed by atoms with Crippen molar-refractivity contribution in [1.29, 1.82) is 0 Å². The van der Waals surface area contributed by atoms with E-state index < -0.39 is 0 Å². The van der Waals surface area contributed by atoms with Gasteiger partial charge in [0.25, 0.3) is 5.56 Å². The van der Waals surface area contributed by atoms with Gasteiger partial charge in [-0.05, 0) is 68.0 Å². The van der Waals surface area contributed by atoms with Crippen LogP contribution in [0.4, 0.5) is 0 Å². The molecule has 0 aliphatic heterocycles. The molecule has 5 aromatic rings. The summed E-state index contributed by atoms with van der Waals surface area (Å²) in [6.07, 6.45) is 8.42. The molecule has 0 N–H and O–H groups in total. The molecule has 4 aromatic heterocycles. The van der Waals surface area contributed by atoms with Gasteiger partial charge in [0.2, 0.25) is 0 Å². The van der Waals surface area contributed by atoms with Crippen molar-refractivity contribution in [2.75, 3.05) is 0 Å². The quantitative estimate of drug-likeness (QED) is 0.261. The normalized spacial score (nSPS) is 13.7. The van der Waals surface area contributed by atoms with Crippen molar-refractivity contribution in [1.82, 2.24) is 18.9 Å². The number of aromatic nitrogens is 4. The van der Waals surface area contributed by atoms with Crippen LogP contribution >= 0.6 is 23.1 Å². The second-order valence-electron chi connectivity index (χ2n) is 8.25. The second-order valence-corrected chi connectivity index (χ2v) is 10.3. The third kappa shape index (κ3) is 3.36. The van der Waals surface area contributed by atoms with Crippen molar-refractivity contribution in [3.63, 3.8) is 0 Å². The Bertz CT molecular complexity index is 1500. The summed E-state index contributed by atoms with van der Waals surface area (Å²) in [5.41, 5.74) is 5.17. The summed E-state index contributed by atoms with van der Waals surface area (Å²) in [6.45, 7) is 2.05. The molecule has 1 aromatic carbocycles. The molecular weight excluding hydrogens is 436 g/mol. The van der Waals surface area contributed by atoms with Crippen molar-refractivity contribution in [3.05, 3.63) is 86.9 Å². The van der Waals surface area contributed by atoms with E-state index in [0.29, 0.717) is 5.75 Å². The Balaban J connectivity index is 1.49. The molecule has 0 radical (unpaired) electrons. The maximum atomic E-state index is 13.8. The molecule has 0 unspecified atom stereocenters. The second kappa shape index (κ2) is 7.90. The van der Waals surface area contributed by atoms with Crippen molar-refractivity contribution in [3.8, 4) is 5.69 Å². The highest BCUT2D eigenvalue weighted by Crippen LogP contribution is 2.35. The molecule has 7 heteroatoms. The van der Waals surface area contributed by atoms with Crippen LogP contribution in [0.25, 0.3) is 21.6 Å². The predicted molar refractivity (Wildman–Crippen MR) is 131 cm³/mol. The van der Waals surface area contributed by atoms with E-state index in [1.165, 1.54) is 16.9 Å². The monoisotopic (exact) mass is 458 g/mol. The van der Waals surface area contributed by atoms with E-state index in [4.69, 9.17) is 9.97 Å². The SMILES string of the molecule is Cc1cccc(-n2c(SCc3cn4ccccc4n3)nc3sc4c(c3c2=O)CCCC4)c1. The van der Waals surface area contributed by atoms with Crippen LogP contribution < -0.4 is 5.56 Å². The minimum Gasteiger partial charge on any atom is -0.307 e. The lowest BCUT2D eigenvalue weighted by atomic mass is 9.97. The van der Waals surface area contributed by atoms with Crippen molar-refractivity contribution in [2.45, 2.75) is 43.5 Å². The summed E-state index contributed by atoms with van der Waals surface area (Å²) in [7, 11) is 0. The van der Waals surface area contributed by atoms with Crippen LogP contribution in [0.1, 0.15) is 34.5 Å². The molecule has 0 fully saturated rings. The maximum absolute atomic E-state index is 13.8. The number of aryl methyl sites for hydroxylation is 3. The lowest BCUT2D eigenvalue weighted by Crippen LogP contribution is -2.22. The average molecular weight is 459 g/mol. The van der Waals surface area contributed by atoms with Gasteiger partial charge in [0.05, 0.1) is 16.8 Å². The van der Waals surface area contributed by atoms with Crippen LogP contribution in [-0.4, -0.2) is 18.9 Å². The van der Waals surface area contributed by atoms with E-state index in [1.54, 1.807) is 27.7 Å². The lowest BCUT2D eigenvalue weighted by molar-refractivity contribution is 0.699. The first-order valence-corrected chi connectivity index (χ1v) is 12.7. The molecule has 5 nitrogen and oxygen atoms in total. The van der Waals surface area contributed by atoms with E-state index >= 15 is 0 Å². The fraction of sp³-hybridized carbons (Fsp3) is 0.240. The summed E-state index contributed by atoms with van der Waals surface area (Å²) < 4.78 is 3.82. The number of pyridine rings is 1. The topological polar surface area (TPSA) is 52.2 Å². The van der Waals surface area contributed by atoms with E-state index in [2.05, 4.69) is 19.1 Å². The molecule has 0 bridgehead atoms. The average Bonchev–Trinajstić information content (AvgIpc) is 3.38. The highest BCUT2D eigenvalue weighted by molar-refractivity contribution is 7.98. The number of benzene rings is 1. The van der Waals surface area contributed by atoms with Crippen molar-refractivity contribution < 1.29 is 0 Å². The van der Waals surface area contributed by atoms with Crippen LogP contribution in [0.3, 0.4) is 0 Å². The maximum Gasteiger partial charge on any atom is 0.267 e. The van der Waals surface area contributed by atoms with Gasteiger partial charge in [-0.3, -0.25) is 9.36 Å². The summed E-state index contributed by atoms with van der Waals surface area (Å²) in [5.74, 6) is 0.649. The highest BCUT2D eigenvalue weighted by atomic mass is 32.2. The van der Waals surface area contributed by atoms with E-state index in [9.17, 15) is 4.79 Å². The van der Waals surface area contributed by atoms with Gasteiger partial charge in [0, 0.05) is 23.0 Å². The van der Waals surface area contributed by atoms with Crippen LogP contribution in [0.5, 0.6) is 0 Å². The van der Waals surface area contributed by atoms with Crippen LogP contribution in [0, 0.1) is 6.92 Å². The molecule has 1 aliphatic rings. The summed E-state index contributed by atoms with van der Waals surface area (Å²) in [6, 6.07) is 14.1. The molecule has 0 saturated carbocycles. The highest BCUT2D eigenvalue weighted by Gasteiger charge is 2.23. The van der Waals surface area contributed by atoms with Gasteiger partial charge >= 0.3 is 0 Å². The molecule has 4 heterocycles. The largest absolute Gasteiger partial charge is 0.307 e. The van der Waals surface area contributed by atoms with Crippen molar-refractivity contribution >= 4 is 39.0 Å². The number of imidazole rings is 1. The van der Waals surface area contributed by atoms with E-state index in [1.807, 2.05) is 47.1 Å². The molecule has 0 saturated heterocycles. The number of hydrogen-bond acceptors (Lipinski definition) is 5. The zero-order chi connectivity index (χ0) is 21.7. The lowest BCUT2D eigenvalue weighted by Gasteiger charge is -2.14. The van der Waals surface area contributed by atoms with Crippen LogP contribution in [0.15, 0.2) is 64.8 Å². The first-order chi connectivity index (χ1) is 15.7. The predicted octanol–water partition coefficient (Wildman–Crippen LogP) is 5.57. The zero-order valence-corrected chi connectivity index (χ0v) is 19.4. The minimum absolute atomic E-state index is 0.0532. The third-order valence-electron chi connectivity index (χ3n) is 5.98. The fourth-order valence-corrected chi connectivity index (χ4v) is 6.67. The zero-order valence-electron chi connectivity index (χ0n) is 17.7. The van der Waals surface area contributed by atoms with Gasteiger partial charge in [0.15, 0.2) is 5.16 Å². The minimum atomic E-state index is 0.0532. The van der Waals surface area contributed by atoms with Gasteiger partial charge in [-0.15, -0.1) is 11.3 Å². The van der Waals surface area contributed by atoms with Gasteiger partial charge < -0.3 is 4.40 Å². The Morgan fingerprint density at radius 3 is 2.88 bits per heavy atom. The van der Waals surface area contributed by atoms with Crippen LogP contribution in [0.2, 0.25) is 0 Å².